The van der Waals surface area contributed by atoms with Gasteiger partial charge in [-0.25, -0.2) is 0 Å². The van der Waals surface area contributed by atoms with Crippen LogP contribution in [0, 0.1) is 0 Å². The molecule has 1 N–H and O–H groups in total. The minimum absolute atomic E-state index is 0.314. The summed E-state index contributed by atoms with van der Waals surface area (Å²) in [7, 11) is 0. The molecule has 3 atom stereocenters. The Bertz CT molecular complexity index is 278. The Morgan fingerprint density at radius 3 is 2.80 bits per heavy atom. The highest BCUT2D eigenvalue weighted by molar-refractivity contribution is 4.94. The van der Waals surface area contributed by atoms with E-state index in [1.165, 1.54) is 58.0 Å². The van der Waals surface area contributed by atoms with Gasteiger partial charge in [-0.05, 0) is 52.0 Å². The molecule has 0 radical (unpaired) electrons. The summed E-state index contributed by atoms with van der Waals surface area (Å²) in [6, 6.07) is 0.740. The average Bonchev–Trinajstić information content (AvgIpc) is 2.95. The van der Waals surface area contributed by atoms with Crippen LogP contribution >= 0.6 is 0 Å². The number of rotatable bonds is 7. The van der Waals surface area contributed by atoms with Crippen molar-refractivity contribution >= 4 is 0 Å². The topological polar surface area (TPSA) is 24.5 Å². The van der Waals surface area contributed by atoms with Gasteiger partial charge in [-0.3, -0.25) is 4.90 Å². The van der Waals surface area contributed by atoms with Crippen molar-refractivity contribution in [2.75, 3.05) is 26.2 Å². The molecule has 3 heteroatoms. The van der Waals surface area contributed by atoms with Crippen LogP contribution in [0.2, 0.25) is 0 Å². The molecule has 0 aromatic carbocycles. The first kappa shape index (κ1) is 16.3. The zero-order valence-corrected chi connectivity index (χ0v) is 13.8. The average molecular weight is 282 g/mol. The lowest BCUT2D eigenvalue weighted by Gasteiger charge is -2.46. The van der Waals surface area contributed by atoms with Gasteiger partial charge in [0.2, 0.25) is 0 Å². The first-order chi connectivity index (χ1) is 9.67. The fourth-order valence-corrected chi connectivity index (χ4v) is 3.64. The van der Waals surface area contributed by atoms with E-state index in [0.29, 0.717) is 11.6 Å². The van der Waals surface area contributed by atoms with Crippen LogP contribution in [0.15, 0.2) is 0 Å². The summed E-state index contributed by atoms with van der Waals surface area (Å²) in [4.78, 5) is 2.75. The van der Waals surface area contributed by atoms with E-state index in [-0.39, 0.29) is 0 Å². The van der Waals surface area contributed by atoms with Crippen molar-refractivity contribution in [3.63, 3.8) is 0 Å². The van der Waals surface area contributed by atoms with E-state index in [2.05, 4.69) is 31.0 Å². The molecule has 2 heterocycles. The van der Waals surface area contributed by atoms with Crippen molar-refractivity contribution in [2.45, 2.75) is 83.4 Å². The van der Waals surface area contributed by atoms with E-state index in [0.717, 1.165) is 19.2 Å². The second-order valence-electron chi connectivity index (χ2n) is 6.99. The maximum absolute atomic E-state index is 5.75. The van der Waals surface area contributed by atoms with Gasteiger partial charge in [0.1, 0.15) is 0 Å². The van der Waals surface area contributed by atoms with Crippen LogP contribution < -0.4 is 5.32 Å². The van der Waals surface area contributed by atoms with E-state index < -0.39 is 0 Å². The Morgan fingerprint density at radius 1 is 1.30 bits per heavy atom. The molecule has 0 spiro atoms. The van der Waals surface area contributed by atoms with Crippen LogP contribution in [0.3, 0.4) is 0 Å². The Kier molecular flexibility index (Phi) is 6.31. The zero-order chi connectivity index (χ0) is 14.4. The summed E-state index contributed by atoms with van der Waals surface area (Å²) in [6.07, 6.45) is 9.49. The second kappa shape index (κ2) is 7.77. The Balaban J connectivity index is 1.79. The molecule has 2 fully saturated rings. The zero-order valence-electron chi connectivity index (χ0n) is 13.8. The number of piperazine rings is 1. The van der Waals surface area contributed by atoms with Crippen molar-refractivity contribution in [3.8, 4) is 0 Å². The van der Waals surface area contributed by atoms with Gasteiger partial charge >= 0.3 is 0 Å². The molecular formula is C17H34N2O. The smallest absolute Gasteiger partial charge is 0.0576 e. The van der Waals surface area contributed by atoms with Crippen LogP contribution in [0.4, 0.5) is 0 Å². The van der Waals surface area contributed by atoms with Gasteiger partial charge in [0, 0.05) is 31.3 Å². The van der Waals surface area contributed by atoms with Crippen molar-refractivity contribution in [1.29, 1.82) is 0 Å². The Labute approximate surface area is 125 Å². The Hall–Kier alpha value is -0.120. The van der Waals surface area contributed by atoms with Gasteiger partial charge in [-0.2, -0.15) is 0 Å². The first-order valence-electron chi connectivity index (χ1n) is 8.77. The molecule has 3 nitrogen and oxygen atoms in total. The lowest BCUT2D eigenvalue weighted by Crippen LogP contribution is -2.62. The highest BCUT2D eigenvalue weighted by Gasteiger charge is 2.33. The third-order valence-electron chi connectivity index (χ3n) is 5.23. The molecule has 0 aromatic heterocycles. The van der Waals surface area contributed by atoms with Crippen molar-refractivity contribution in [2.24, 2.45) is 0 Å². The number of hydrogen-bond donors (Lipinski definition) is 1. The maximum Gasteiger partial charge on any atom is 0.0576 e. The molecule has 2 saturated heterocycles. The molecule has 2 rings (SSSR count). The lowest BCUT2D eigenvalue weighted by atomic mass is 9.92. The van der Waals surface area contributed by atoms with Gasteiger partial charge in [-0.1, -0.05) is 20.3 Å². The van der Waals surface area contributed by atoms with E-state index in [9.17, 15) is 0 Å². The summed E-state index contributed by atoms with van der Waals surface area (Å²) in [5.41, 5.74) is 0.314. The fraction of sp³-hybridized carbons (Fsp3) is 1.00. The summed E-state index contributed by atoms with van der Waals surface area (Å²) >= 11 is 0. The van der Waals surface area contributed by atoms with Crippen molar-refractivity contribution in [1.82, 2.24) is 10.2 Å². The molecule has 0 aliphatic carbocycles. The van der Waals surface area contributed by atoms with Gasteiger partial charge in [0.05, 0.1) is 6.10 Å². The SMILES string of the molecule is CCCC1CNC(C)(CC)CN1CCCC1CCCO1. The molecule has 0 amide bonds. The van der Waals surface area contributed by atoms with Gasteiger partial charge in [0.15, 0.2) is 0 Å². The third-order valence-corrected chi connectivity index (χ3v) is 5.23. The highest BCUT2D eigenvalue weighted by atomic mass is 16.5. The normalized spacial score (nSPS) is 35.5. The predicted molar refractivity (Wildman–Crippen MR) is 85.2 cm³/mol. The predicted octanol–water partition coefficient (Wildman–Crippen LogP) is 3.19. The summed E-state index contributed by atoms with van der Waals surface area (Å²) in [6.45, 7) is 11.6. The van der Waals surface area contributed by atoms with Crippen LogP contribution in [-0.2, 0) is 4.74 Å². The van der Waals surface area contributed by atoms with E-state index in [1.54, 1.807) is 0 Å². The minimum atomic E-state index is 0.314. The summed E-state index contributed by atoms with van der Waals surface area (Å²) < 4.78 is 5.75. The van der Waals surface area contributed by atoms with Gasteiger partial charge < -0.3 is 10.1 Å². The van der Waals surface area contributed by atoms with Crippen LogP contribution in [0.25, 0.3) is 0 Å². The monoisotopic (exact) mass is 282 g/mol. The van der Waals surface area contributed by atoms with Gasteiger partial charge in [0.25, 0.3) is 0 Å². The minimum Gasteiger partial charge on any atom is -0.378 e. The standard InChI is InChI=1S/C17H34N2O/c1-4-8-15-13-18-17(3,5-2)14-19(15)11-6-9-16-10-7-12-20-16/h15-16,18H,4-14H2,1-3H3. The second-order valence-corrected chi connectivity index (χ2v) is 6.99. The van der Waals surface area contributed by atoms with Gasteiger partial charge in [-0.15, -0.1) is 0 Å². The quantitative estimate of drug-likeness (QED) is 0.776. The summed E-state index contributed by atoms with van der Waals surface area (Å²) in [5, 5.41) is 3.78. The molecule has 2 aliphatic rings. The number of nitrogens with zero attached hydrogens (tertiary/aromatic N) is 1. The highest BCUT2D eigenvalue weighted by Crippen LogP contribution is 2.23. The third kappa shape index (κ3) is 4.44. The lowest BCUT2D eigenvalue weighted by molar-refractivity contribution is 0.0655. The molecule has 118 valence electrons. The Morgan fingerprint density at radius 2 is 2.15 bits per heavy atom. The van der Waals surface area contributed by atoms with E-state index in [4.69, 9.17) is 4.74 Å². The van der Waals surface area contributed by atoms with Crippen LogP contribution in [-0.4, -0.2) is 48.8 Å². The maximum atomic E-state index is 5.75. The molecule has 0 aromatic rings. The molecule has 3 unspecified atom stereocenters. The largest absolute Gasteiger partial charge is 0.378 e. The van der Waals surface area contributed by atoms with Crippen LogP contribution in [0.1, 0.15) is 65.7 Å². The molecule has 0 saturated carbocycles. The van der Waals surface area contributed by atoms with E-state index in [1.807, 2.05) is 0 Å². The van der Waals surface area contributed by atoms with Crippen molar-refractivity contribution in [3.05, 3.63) is 0 Å². The number of nitrogens with one attached hydrogen (secondary N) is 1. The van der Waals surface area contributed by atoms with Crippen molar-refractivity contribution < 1.29 is 4.74 Å². The number of ether oxygens (including phenoxy) is 1. The molecule has 2 aliphatic heterocycles. The first-order valence-corrected chi connectivity index (χ1v) is 8.77. The molecule has 20 heavy (non-hydrogen) atoms. The van der Waals surface area contributed by atoms with E-state index >= 15 is 0 Å². The summed E-state index contributed by atoms with van der Waals surface area (Å²) in [5.74, 6) is 0. The molecular weight excluding hydrogens is 248 g/mol. The molecule has 0 bridgehead atoms. The van der Waals surface area contributed by atoms with Crippen LogP contribution in [0.5, 0.6) is 0 Å². The number of hydrogen-bond acceptors (Lipinski definition) is 3. The fourth-order valence-electron chi connectivity index (χ4n) is 3.64.